The first-order valence-electron chi connectivity index (χ1n) is 5.79. The molecule has 0 aliphatic carbocycles. The molecule has 0 bridgehead atoms. The lowest BCUT2D eigenvalue weighted by Crippen LogP contribution is -2.26. The molecule has 0 fully saturated rings. The lowest BCUT2D eigenvalue weighted by Gasteiger charge is -2.16. The van der Waals surface area contributed by atoms with Gasteiger partial charge in [0.25, 0.3) is 0 Å². The molecule has 1 aromatic carbocycles. The van der Waals surface area contributed by atoms with Crippen LogP contribution in [0.15, 0.2) is 30.5 Å². The summed E-state index contributed by atoms with van der Waals surface area (Å²) in [5.41, 5.74) is 0.187. The van der Waals surface area contributed by atoms with Crippen molar-refractivity contribution in [1.82, 2.24) is 15.0 Å². The van der Waals surface area contributed by atoms with Gasteiger partial charge in [-0.2, -0.15) is 0 Å². The van der Waals surface area contributed by atoms with E-state index in [4.69, 9.17) is 5.11 Å². The van der Waals surface area contributed by atoms with E-state index in [1.807, 2.05) is 0 Å². The Morgan fingerprint density at radius 3 is 2.84 bits per heavy atom. The summed E-state index contributed by atoms with van der Waals surface area (Å²) in [5.74, 6) is -1.26. The monoisotopic (exact) mass is 263 g/mol. The van der Waals surface area contributed by atoms with Crippen LogP contribution in [0.4, 0.5) is 4.39 Å². The van der Waals surface area contributed by atoms with Crippen molar-refractivity contribution in [2.75, 3.05) is 0 Å². The molecule has 0 atom stereocenters. The maximum absolute atomic E-state index is 13.1. The summed E-state index contributed by atoms with van der Waals surface area (Å²) in [7, 11) is 0. The Labute approximate surface area is 109 Å². The molecular weight excluding hydrogens is 249 g/mol. The van der Waals surface area contributed by atoms with Gasteiger partial charge >= 0.3 is 5.97 Å². The second kappa shape index (κ2) is 4.79. The molecule has 1 heterocycles. The van der Waals surface area contributed by atoms with Gasteiger partial charge < -0.3 is 5.11 Å². The average molecular weight is 263 g/mol. The molecule has 19 heavy (non-hydrogen) atoms. The van der Waals surface area contributed by atoms with Gasteiger partial charge in [-0.1, -0.05) is 11.3 Å². The van der Waals surface area contributed by atoms with Gasteiger partial charge in [-0.3, -0.25) is 4.79 Å². The maximum atomic E-state index is 13.1. The number of halogens is 1. The summed E-state index contributed by atoms with van der Waals surface area (Å²) in [6, 6.07) is 5.95. The molecular formula is C13H14FN3O2. The van der Waals surface area contributed by atoms with Gasteiger partial charge in [0, 0.05) is 6.42 Å². The number of rotatable bonds is 4. The molecule has 0 spiro atoms. The van der Waals surface area contributed by atoms with Gasteiger partial charge in [0.05, 0.1) is 23.0 Å². The first-order valence-corrected chi connectivity index (χ1v) is 5.79. The van der Waals surface area contributed by atoms with Crippen LogP contribution in [0.2, 0.25) is 0 Å². The van der Waals surface area contributed by atoms with Gasteiger partial charge in [-0.05, 0) is 32.0 Å². The highest BCUT2D eigenvalue weighted by molar-refractivity contribution is 5.73. The average Bonchev–Trinajstić information content (AvgIpc) is 2.76. The minimum atomic E-state index is -0.914. The highest BCUT2D eigenvalue weighted by Gasteiger charge is 2.28. The molecule has 5 nitrogen and oxygen atoms in total. The number of carbonyl (C=O) groups is 1. The summed E-state index contributed by atoms with van der Waals surface area (Å²) >= 11 is 0. The molecule has 0 aliphatic rings. The molecule has 0 saturated heterocycles. The maximum Gasteiger partial charge on any atom is 0.309 e. The summed E-state index contributed by atoms with van der Waals surface area (Å²) in [5, 5.41) is 16.9. The van der Waals surface area contributed by atoms with Gasteiger partial charge in [-0.25, -0.2) is 9.07 Å². The van der Waals surface area contributed by atoms with Crippen LogP contribution < -0.4 is 0 Å². The SMILES string of the molecule is CC(C)(Cc1cn(-c2cccc(F)c2)nn1)C(=O)O. The van der Waals surface area contributed by atoms with E-state index < -0.39 is 11.4 Å². The Morgan fingerprint density at radius 2 is 2.21 bits per heavy atom. The van der Waals surface area contributed by atoms with E-state index in [0.717, 1.165) is 0 Å². The van der Waals surface area contributed by atoms with Crippen LogP contribution in [0.25, 0.3) is 5.69 Å². The van der Waals surface area contributed by atoms with Crippen LogP contribution >= 0.6 is 0 Å². The number of hydrogen-bond acceptors (Lipinski definition) is 3. The van der Waals surface area contributed by atoms with Crippen molar-refractivity contribution >= 4 is 5.97 Å². The lowest BCUT2D eigenvalue weighted by atomic mass is 9.88. The number of aliphatic carboxylic acids is 1. The first-order chi connectivity index (χ1) is 8.88. The van der Waals surface area contributed by atoms with Crippen molar-refractivity contribution in [2.45, 2.75) is 20.3 Å². The Hall–Kier alpha value is -2.24. The molecule has 2 rings (SSSR count). The van der Waals surface area contributed by atoms with Crippen LogP contribution in [0, 0.1) is 11.2 Å². The van der Waals surface area contributed by atoms with Crippen LogP contribution in [0.3, 0.4) is 0 Å². The van der Waals surface area contributed by atoms with Gasteiger partial charge in [0.15, 0.2) is 0 Å². The van der Waals surface area contributed by atoms with Crippen LogP contribution in [0.1, 0.15) is 19.5 Å². The quantitative estimate of drug-likeness (QED) is 0.916. The Balaban J connectivity index is 2.23. The summed E-state index contributed by atoms with van der Waals surface area (Å²) < 4.78 is 14.5. The molecule has 1 N–H and O–H groups in total. The van der Waals surface area contributed by atoms with Gasteiger partial charge in [0.1, 0.15) is 5.82 Å². The fourth-order valence-corrected chi connectivity index (χ4v) is 1.65. The van der Waals surface area contributed by atoms with Crippen LogP contribution in [-0.2, 0) is 11.2 Å². The molecule has 100 valence electrons. The fourth-order valence-electron chi connectivity index (χ4n) is 1.65. The normalized spacial score (nSPS) is 11.5. The standard InChI is InChI=1S/C13H14FN3O2/c1-13(2,12(18)19)7-10-8-17(16-15-10)11-5-3-4-9(14)6-11/h3-6,8H,7H2,1-2H3,(H,18,19). The number of nitrogens with zero attached hydrogens (tertiary/aromatic N) is 3. The van der Waals surface area contributed by atoms with Crippen molar-refractivity contribution in [3.63, 3.8) is 0 Å². The van der Waals surface area contributed by atoms with Crippen molar-refractivity contribution in [1.29, 1.82) is 0 Å². The molecule has 0 unspecified atom stereocenters. The summed E-state index contributed by atoms with van der Waals surface area (Å²) in [6.07, 6.45) is 1.87. The first kappa shape index (κ1) is 13.2. The number of benzene rings is 1. The highest BCUT2D eigenvalue weighted by atomic mass is 19.1. The lowest BCUT2D eigenvalue weighted by molar-refractivity contribution is -0.146. The molecule has 1 aromatic heterocycles. The van der Waals surface area contributed by atoms with E-state index in [-0.39, 0.29) is 12.2 Å². The Bertz CT molecular complexity index is 607. The second-order valence-electron chi connectivity index (χ2n) is 5.00. The topological polar surface area (TPSA) is 68.0 Å². The molecule has 0 amide bonds. The number of carboxylic acid groups (broad SMARTS) is 1. The molecule has 0 aliphatic heterocycles. The third-order valence-electron chi connectivity index (χ3n) is 2.82. The number of hydrogen-bond donors (Lipinski definition) is 1. The van der Waals surface area contributed by atoms with Gasteiger partial charge in [0.2, 0.25) is 0 Å². The second-order valence-corrected chi connectivity index (χ2v) is 5.00. The van der Waals surface area contributed by atoms with Crippen LogP contribution in [-0.4, -0.2) is 26.1 Å². The third-order valence-corrected chi connectivity index (χ3v) is 2.82. The van der Waals surface area contributed by atoms with Crippen molar-refractivity contribution in [2.24, 2.45) is 5.41 Å². The largest absolute Gasteiger partial charge is 0.481 e. The molecule has 2 aromatic rings. The van der Waals surface area contributed by atoms with E-state index >= 15 is 0 Å². The zero-order valence-electron chi connectivity index (χ0n) is 10.7. The Kier molecular flexibility index (Phi) is 3.33. The predicted molar refractivity (Wildman–Crippen MR) is 66.4 cm³/mol. The van der Waals surface area contributed by atoms with Gasteiger partial charge in [-0.15, -0.1) is 5.10 Å². The number of aromatic nitrogens is 3. The molecule has 0 radical (unpaired) electrons. The minimum Gasteiger partial charge on any atom is -0.481 e. The fraction of sp³-hybridized carbons (Fsp3) is 0.308. The van der Waals surface area contributed by atoms with Crippen molar-refractivity contribution < 1.29 is 14.3 Å². The van der Waals surface area contributed by atoms with E-state index in [2.05, 4.69) is 10.3 Å². The highest BCUT2D eigenvalue weighted by Crippen LogP contribution is 2.21. The zero-order valence-corrected chi connectivity index (χ0v) is 10.7. The zero-order chi connectivity index (χ0) is 14.0. The number of carboxylic acids is 1. The van der Waals surface area contributed by atoms with Crippen LogP contribution in [0.5, 0.6) is 0 Å². The van der Waals surface area contributed by atoms with Crippen molar-refractivity contribution in [3.05, 3.63) is 42.0 Å². The van der Waals surface area contributed by atoms with E-state index in [9.17, 15) is 9.18 Å². The summed E-state index contributed by atoms with van der Waals surface area (Å²) in [6.45, 7) is 3.24. The molecule has 6 heteroatoms. The van der Waals surface area contributed by atoms with E-state index in [1.54, 1.807) is 32.2 Å². The Morgan fingerprint density at radius 1 is 1.47 bits per heavy atom. The van der Waals surface area contributed by atoms with Crippen molar-refractivity contribution in [3.8, 4) is 5.69 Å². The third kappa shape index (κ3) is 2.96. The smallest absolute Gasteiger partial charge is 0.309 e. The summed E-state index contributed by atoms with van der Waals surface area (Å²) in [4.78, 5) is 11.0. The predicted octanol–water partition coefficient (Wildman–Crippen LogP) is 2.06. The minimum absolute atomic E-state index is 0.262. The molecule has 0 saturated carbocycles. The van der Waals surface area contributed by atoms with E-state index in [1.165, 1.54) is 16.8 Å². The van der Waals surface area contributed by atoms with E-state index in [0.29, 0.717) is 11.4 Å².